The zero-order valence-electron chi connectivity index (χ0n) is 26.2. The number of nitrogens with one attached hydrogen (secondary N) is 1. The maximum absolute atomic E-state index is 13.7. The molecule has 0 bridgehead atoms. The molecule has 51 heavy (non-hydrogen) atoms. The van der Waals surface area contributed by atoms with Gasteiger partial charge >= 0.3 is 11.9 Å². The van der Waals surface area contributed by atoms with Crippen molar-refractivity contribution in [2.45, 2.75) is 35.5 Å². The summed E-state index contributed by atoms with van der Waals surface area (Å²) in [6, 6.07) is 8.34. The summed E-state index contributed by atoms with van der Waals surface area (Å²) in [7, 11) is -9.35. The largest absolute Gasteiger partial charge is 0.744 e. The lowest BCUT2D eigenvalue weighted by molar-refractivity contribution is -0.134. The van der Waals surface area contributed by atoms with Crippen LogP contribution in [0.2, 0.25) is 0 Å². The van der Waals surface area contributed by atoms with E-state index in [1.807, 2.05) is 0 Å². The molecule has 20 heteroatoms. The molecule has 1 atom stereocenters. The lowest BCUT2D eigenvalue weighted by Crippen LogP contribution is -2.39. The first kappa shape index (κ1) is 36.6. The van der Waals surface area contributed by atoms with Crippen LogP contribution in [-0.2, 0) is 34.6 Å². The van der Waals surface area contributed by atoms with Gasteiger partial charge in [0.05, 0.1) is 38.2 Å². The van der Waals surface area contributed by atoms with E-state index in [-0.39, 0.29) is 17.8 Å². The number of aromatic amines is 1. The first-order chi connectivity index (χ1) is 24.0. The number of hydrogen-bond acceptors (Lipinski definition) is 11. The van der Waals surface area contributed by atoms with Crippen LogP contribution < -0.4 is 10.6 Å². The van der Waals surface area contributed by atoms with E-state index < -0.39 is 87.8 Å². The Hall–Kier alpha value is -5.70. The molecule has 2 aliphatic rings. The summed E-state index contributed by atoms with van der Waals surface area (Å²) in [6.45, 7) is 0.806. The molecule has 1 unspecified atom stereocenters. The van der Waals surface area contributed by atoms with E-state index in [4.69, 9.17) is 0 Å². The molecule has 2 aliphatic heterocycles. The highest BCUT2D eigenvalue weighted by atomic mass is 32.2. The molecule has 2 aromatic carbocycles. The summed E-state index contributed by atoms with van der Waals surface area (Å²) < 4.78 is 66.8. The third-order valence-corrected chi connectivity index (χ3v) is 9.76. The Morgan fingerprint density at radius 2 is 1.47 bits per heavy atom. The number of piperidine rings is 1. The Bertz CT molecular complexity index is 2280. The van der Waals surface area contributed by atoms with Gasteiger partial charge < -0.3 is 19.7 Å². The van der Waals surface area contributed by atoms with Crippen molar-refractivity contribution in [2.24, 2.45) is 11.0 Å². The van der Waals surface area contributed by atoms with Gasteiger partial charge in [-0.05, 0) is 74.2 Å². The van der Waals surface area contributed by atoms with Crippen LogP contribution in [0.5, 0.6) is 0 Å². The van der Waals surface area contributed by atoms with Gasteiger partial charge in [0.1, 0.15) is 10.1 Å². The van der Waals surface area contributed by atoms with Gasteiger partial charge in [-0.15, -0.1) is 0 Å². The minimum Gasteiger partial charge on any atom is -0.744 e. The Kier molecular flexibility index (Phi) is 10.2. The summed E-state index contributed by atoms with van der Waals surface area (Å²) >= 11 is 0. The topological polar surface area (TPSA) is 277 Å². The number of carbonyl (C=O) groups is 4. The van der Waals surface area contributed by atoms with Gasteiger partial charge in [0.15, 0.2) is 11.4 Å². The Morgan fingerprint density at radius 3 is 2.02 bits per heavy atom. The van der Waals surface area contributed by atoms with Crippen molar-refractivity contribution in [3.8, 4) is 5.69 Å². The normalized spacial score (nSPS) is 16.9. The fourth-order valence-electron chi connectivity index (χ4n) is 5.47. The summed E-state index contributed by atoms with van der Waals surface area (Å²) in [5, 5.41) is 26.6. The first-order valence-corrected chi connectivity index (χ1v) is 17.9. The van der Waals surface area contributed by atoms with Crippen molar-refractivity contribution < 1.29 is 55.3 Å². The van der Waals surface area contributed by atoms with E-state index in [0.717, 1.165) is 65.7 Å². The van der Waals surface area contributed by atoms with Crippen molar-refractivity contribution >= 4 is 61.5 Å². The number of H-pyrrole nitrogens is 1. The molecule has 2 amide bonds. The highest BCUT2D eigenvalue weighted by Crippen LogP contribution is 2.27. The van der Waals surface area contributed by atoms with Crippen LogP contribution in [-0.4, -0.2) is 93.4 Å². The number of likely N-dealkylation sites (tertiary alicyclic amines) is 1. The molecule has 0 radical (unpaired) electrons. The maximum Gasteiger partial charge on any atom is 0.357 e. The van der Waals surface area contributed by atoms with E-state index in [9.17, 15) is 60.1 Å². The number of nitrogens with zero attached hydrogens (tertiary/aromatic N) is 4. The highest BCUT2D eigenvalue weighted by molar-refractivity contribution is 7.86. The smallest absolute Gasteiger partial charge is 0.357 e. The Labute approximate surface area is 289 Å². The standard InChI is InChI=1S/C31H29N5O13S2/c37-27(34-16-2-1-3-17-34)18(4-14-23-25(30(40)41)32-35(28(23)38)19-6-10-21(11-7-19)50(44,45)46)5-15-24-26(31(42)43)33-36(29(24)39)20-8-12-22(13-9-20)51(47,48)49/h4,6-15,18,32H,1-3,5,16-17H2,(H,40,41)(H,42,43)(H,44,45,46)(H,47,48,49)/p-1/b14-4+,24-15+. The Balaban J connectivity index is 1.50. The van der Waals surface area contributed by atoms with Crippen LogP contribution in [0.4, 0.5) is 5.69 Å². The summed E-state index contributed by atoms with van der Waals surface area (Å²) in [5.74, 6) is -5.62. The third-order valence-electron chi connectivity index (χ3n) is 8.04. The lowest BCUT2D eigenvalue weighted by atomic mass is 9.97. The number of carbonyl (C=O) groups excluding carboxylic acids is 2. The number of aliphatic carboxylic acids is 1. The quantitative estimate of drug-likeness (QED) is 0.160. The molecule has 3 aromatic rings. The van der Waals surface area contributed by atoms with Gasteiger partial charge in [-0.25, -0.2) is 22.7 Å². The molecule has 1 aromatic heterocycles. The van der Waals surface area contributed by atoms with E-state index in [2.05, 4.69) is 10.2 Å². The van der Waals surface area contributed by atoms with E-state index in [1.54, 1.807) is 4.90 Å². The molecule has 1 saturated heterocycles. The van der Waals surface area contributed by atoms with E-state index in [0.29, 0.717) is 30.9 Å². The lowest BCUT2D eigenvalue weighted by Gasteiger charge is -2.29. The summed E-state index contributed by atoms with van der Waals surface area (Å²) in [5.41, 5.74) is -2.97. The molecular weight excluding hydrogens is 714 g/mol. The Morgan fingerprint density at radius 1 is 0.882 bits per heavy atom. The number of carboxylic acid groups (broad SMARTS) is 2. The molecule has 3 heterocycles. The third kappa shape index (κ3) is 7.88. The molecule has 5 rings (SSSR count). The second-order valence-corrected chi connectivity index (χ2v) is 14.1. The van der Waals surface area contributed by atoms with Crippen LogP contribution in [0.3, 0.4) is 0 Å². The van der Waals surface area contributed by atoms with Gasteiger partial charge in [0.25, 0.3) is 21.6 Å². The van der Waals surface area contributed by atoms with Crippen LogP contribution in [0.1, 0.15) is 41.7 Å². The highest BCUT2D eigenvalue weighted by Gasteiger charge is 2.36. The SMILES string of the molecule is O=C(O)C1=NN(c2ccc(S(=O)(=O)O)cc2)C(=O)/C1=C/CC(/C=C/c1c(C(=O)O)[nH]n(-c2ccc(S(=O)(=O)[O-])cc2)c1=O)C(=O)N1CCCCC1. The number of hydrogen-bond donors (Lipinski definition) is 4. The first-order valence-electron chi connectivity index (χ1n) is 15.0. The molecule has 268 valence electrons. The number of carboxylic acids is 2. The van der Waals surface area contributed by atoms with Crippen LogP contribution >= 0.6 is 0 Å². The van der Waals surface area contributed by atoms with Gasteiger partial charge in [0.2, 0.25) is 5.91 Å². The van der Waals surface area contributed by atoms with Crippen molar-refractivity contribution in [1.29, 1.82) is 0 Å². The average Bonchev–Trinajstić information content (AvgIpc) is 3.60. The molecular formula is C31H28N5O13S2-. The summed E-state index contributed by atoms with van der Waals surface area (Å²) in [6.07, 6.45) is 5.55. The van der Waals surface area contributed by atoms with Crippen LogP contribution in [0.15, 0.2) is 85.9 Å². The molecule has 0 saturated carbocycles. The second kappa shape index (κ2) is 14.3. The minimum atomic E-state index is -4.80. The van der Waals surface area contributed by atoms with Gasteiger partial charge in [0, 0.05) is 13.1 Å². The number of aromatic carboxylic acids is 1. The monoisotopic (exact) mass is 742 g/mol. The van der Waals surface area contributed by atoms with Gasteiger partial charge in [-0.2, -0.15) is 18.5 Å². The van der Waals surface area contributed by atoms with Crippen LogP contribution in [0, 0.1) is 5.92 Å². The van der Waals surface area contributed by atoms with Crippen molar-refractivity contribution in [3.05, 3.63) is 87.9 Å². The molecule has 0 spiro atoms. The van der Waals surface area contributed by atoms with Gasteiger partial charge in [-0.1, -0.05) is 18.2 Å². The summed E-state index contributed by atoms with van der Waals surface area (Å²) in [4.78, 5) is 65.2. The van der Waals surface area contributed by atoms with Crippen molar-refractivity contribution in [3.63, 3.8) is 0 Å². The maximum atomic E-state index is 13.7. The molecule has 18 nitrogen and oxygen atoms in total. The van der Waals surface area contributed by atoms with E-state index in [1.165, 1.54) is 12.2 Å². The molecule has 0 aliphatic carbocycles. The van der Waals surface area contributed by atoms with Crippen molar-refractivity contribution in [1.82, 2.24) is 14.7 Å². The molecule has 1 fully saturated rings. The minimum absolute atomic E-state index is 0.00219. The second-order valence-electron chi connectivity index (χ2n) is 11.3. The number of hydrazone groups is 1. The number of aromatic nitrogens is 2. The number of anilines is 1. The fourth-order valence-corrected chi connectivity index (χ4v) is 6.42. The predicted octanol–water partition coefficient (Wildman–Crippen LogP) is 1.46. The number of allylic oxidation sites excluding steroid dienone is 1. The van der Waals surface area contributed by atoms with Crippen LogP contribution in [0.25, 0.3) is 11.8 Å². The average molecular weight is 743 g/mol. The molecule has 4 N–H and O–H groups in total. The van der Waals surface area contributed by atoms with Crippen molar-refractivity contribution in [2.75, 3.05) is 18.1 Å². The number of benzene rings is 2. The number of amides is 2. The van der Waals surface area contributed by atoms with E-state index >= 15 is 0 Å². The van der Waals surface area contributed by atoms with Gasteiger partial charge in [-0.3, -0.25) is 24.0 Å². The zero-order valence-corrected chi connectivity index (χ0v) is 27.8. The predicted molar refractivity (Wildman–Crippen MR) is 176 cm³/mol. The fraction of sp³-hybridized carbons (Fsp3) is 0.226. The zero-order chi connectivity index (χ0) is 37.2. The number of rotatable bonds is 11.